The van der Waals surface area contributed by atoms with Crippen molar-refractivity contribution in [2.24, 2.45) is 0 Å². The van der Waals surface area contributed by atoms with Gasteiger partial charge < -0.3 is 19.9 Å². The normalized spacial score (nSPS) is 19.4. The molecule has 43 heavy (non-hydrogen) atoms. The zero-order valence-corrected chi connectivity index (χ0v) is 22.8. The first-order valence-corrected chi connectivity index (χ1v) is 13.6. The molecule has 0 radical (unpaired) electrons. The third-order valence-electron chi connectivity index (χ3n) is 7.72. The maximum atomic E-state index is 14.7. The molecule has 4 aromatic rings. The number of aromatic nitrogens is 2. The molecular formula is C31H26F5N3O4. The van der Waals surface area contributed by atoms with Crippen molar-refractivity contribution in [1.82, 2.24) is 15.3 Å². The van der Waals surface area contributed by atoms with Crippen LogP contribution in [0, 0.1) is 5.82 Å². The maximum Gasteiger partial charge on any atom is 0.424 e. The van der Waals surface area contributed by atoms with E-state index in [1.165, 1.54) is 31.2 Å². The number of nitrogens with one attached hydrogen (secondary N) is 1. The number of carbonyl (C=O) groups is 1. The first-order valence-electron chi connectivity index (χ1n) is 13.6. The lowest BCUT2D eigenvalue weighted by Gasteiger charge is -2.31. The highest BCUT2D eigenvalue weighted by atomic mass is 19.4. The summed E-state index contributed by atoms with van der Waals surface area (Å²) < 4.78 is 83.3. The van der Waals surface area contributed by atoms with Gasteiger partial charge in [0, 0.05) is 28.3 Å². The number of pyridine rings is 2. The summed E-state index contributed by atoms with van der Waals surface area (Å²) in [4.78, 5) is 21.6. The summed E-state index contributed by atoms with van der Waals surface area (Å²) in [5.74, 6) is -1.12. The molecule has 2 N–H and O–H groups in total. The molecule has 0 unspecified atom stereocenters. The van der Waals surface area contributed by atoms with Gasteiger partial charge in [-0.05, 0) is 68.3 Å². The summed E-state index contributed by atoms with van der Waals surface area (Å²) in [5.41, 5.74) is -5.22. The Hall–Kier alpha value is -4.32. The van der Waals surface area contributed by atoms with E-state index in [-0.39, 0.29) is 40.8 Å². The molecule has 0 bridgehead atoms. The average molecular weight is 600 g/mol. The van der Waals surface area contributed by atoms with Gasteiger partial charge in [-0.15, -0.1) is 0 Å². The van der Waals surface area contributed by atoms with E-state index in [4.69, 9.17) is 9.47 Å². The van der Waals surface area contributed by atoms with Gasteiger partial charge in [0.25, 0.3) is 5.91 Å². The molecule has 1 amide bonds. The zero-order chi connectivity index (χ0) is 30.6. The van der Waals surface area contributed by atoms with Crippen molar-refractivity contribution < 1.29 is 41.3 Å². The van der Waals surface area contributed by atoms with E-state index in [1.54, 1.807) is 18.3 Å². The fourth-order valence-electron chi connectivity index (χ4n) is 4.95. The minimum Gasteiger partial charge on any atom is -0.490 e. The molecule has 1 aliphatic heterocycles. The van der Waals surface area contributed by atoms with Crippen LogP contribution in [0.1, 0.15) is 41.4 Å². The lowest BCUT2D eigenvalue weighted by atomic mass is 9.83. The fraction of sp³-hybridized carbons (Fsp3) is 0.323. The Balaban J connectivity index is 1.38. The first-order chi connectivity index (χ1) is 20.4. The van der Waals surface area contributed by atoms with Gasteiger partial charge >= 0.3 is 6.18 Å². The number of fused-ring (bicyclic) bond motifs is 2. The van der Waals surface area contributed by atoms with Crippen LogP contribution < -0.4 is 14.8 Å². The topological polar surface area (TPSA) is 93.6 Å². The van der Waals surface area contributed by atoms with Crippen molar-refractivity contribution in [1.29, 1.82) is 0 Å². The Kier molecular flexibility index (Phi) is 6.99. The molecule has 1 fully saturated rings. The van der Waals surface area contributed by atoms with Crippen molar-refractivity contribution in [3.63, 3.8) is 0 Å². The van der Waals surface area contributed by atoms with Crippen molar-refractivity contribution in [2.75, 3.05) is 19.8 Å². The minimum absolute atomic E-state index is 0.00740. The van der Waals surface area contributed by atoms with Gasteiger partial charge in [-0.1, -0.05) is 6.07 Å². The highest BCUT2D eigenvalue weighted by Crippen LogP contribution is 2.48. The van der Waals surface area contributed by atoms with Crippen LogP contribution in [-0.4, -0.2) is 53.1 Å². The van der Waals surface area contributed by atoms with Crippen molar-refractivity contribution in [3.05, 3.63) is 83.4 Å². The molecule has 2 aromatic heterocycles. The van der Waals surface area contributed by atoms with Gasteiger partial charge in [0.15, 0.2) is 0 Å². The third kappa shape index (κ3) is 5.24. The SMILES string of the molecule is C[C@]1(CF)COc2c1cc([C@@](O)(CNC(=O)c1cc(OC3CC3)c3ncccc3c1)C(F)(F)F)nc2-c1ccc(F)cc1. The van der Waals surface area contributed by atoms with Gasteiger partial charge in [0.05, 0.1) is 23.8 Å². The molecule has 6 rings (SSSR count). The monoisotopic (exact) mass is 599 g/mol. The lowest BCUT2D eigenvalue weighted by Crippen LogP contribution is -2.51. The second-order valence-corrected chi connectivity index (χ2v) is 11.1. The van der Waals surface area contributed by atoms with Crippen LogP contribution >= 0.6 is 0 Å². The molecule has 2 aliphatic rings. The largest absolute Gasteiger partial charge is 0.490 e. The second kappa shape index (κ2) is 10.4. The van der Waals surface area contributed by atoms with E-state index >= 15 is 0 Å². The van der Waals surface area contributed by atoms with Crippen LogP contribution in [0.4, 0.5) is 22.0 Å². The molecule has 1 aliphatic carbocycles. The average Bonchev–Trinajstić information content (AvgIpc) is 3.75. The van der Waals surface area contributed by atoms with Crippen LogP contribution in [0.25, 0.3) is 22.2 Å². The van der Waals surface area contributed by atoms with Crippen LogP contribution in [0.5, 0.6) is 11.5 Å². The van der Waals surface area contributed by atoms with Gasteiger partial charge in [0.2, 0.25) is 5.60 Å². The smallest absolute Gasteiger partial charge is 0.424 e. The maximum absolute atomic E-state index is 14.7. The number of ether oxygens (including phenoxy) is 2. The Morgan fingerprint density at radius 3 is 2.58 bits per heavy atom. The number of carbonyl (C=O) groups excluding carboxylic acids is 1. The van der Waals surface area contributed by atoms with Crippen LogP contribution in [0.2, 0.25) is 0 Å². The van der Waals surface area contributed by atoms with Gasteiger partial charge in [-0.2, -0.15) is 13.2 Å². The molecule has 12 heteroatoms. The minimum atomic E-state index is -5.32. The molecule has 3 heterocycles. The highest BCUT2D eigenvalue weighted by molar-refractivity contribution is 6.00. The zero-order valence-electron chi connectivity index (χ0n) is 22.8. The molecule has 2 aromatic carbocycles. The molecule has 2 atom stereocenters. The Morgan fingerprint density at radius 1 is 1.16 bits per heavy atom. The van der Waals surface area contributed by atoms with Gasteiger partial charge in [0.1, 0.15) is 41.8 Å². The van der Waals surface area contributed by atoms with E-state index in [0.717, 1.165) is 31.0 Å². The predicted molar refractivity (Wildman–Crippen MR) is 146 cm³/mol. The number of benzene rings is 2. The molecule has 224 valence electrons. The second-order valence-electron chi connectivity index (χ2n) is 11.1. The van der Waals surface area contributed by atoms with E-state index in [1.807, 2.05) is 0 Å². The molecule has 0 spiro atoms. The number of nitrogens with zero attached hydrogens (tertiary/aromatic N) is 2. The van der Waals surface area contributed by atoms with Crippen LogP contribution in [-0.2, 0) is 11.0 Å². The Bertz CT molecular complexity index is 1710. The van der Waals surface area contributed by atoms with Crippen molar-refractivity contribution in [2.45, 2.75) is 43.1 Å². The standard InChI is InChI=1S/C31H26F5N3O4/c1-29(14-32)16-42-27-22(29)13-24(39-26(27)17-4-6-20(33)7-5-17)30(41,31(34,35)36)15-38-28(40)19-11-18-3-2-10-37-25(18)23(12-19)43-21-8-9-21/h2-7,10-13,21,41H,8-9,14-16H2,1H3,(H,38,40)/t29-,30-/m0/s1. The summed E-state index contributed by atoms with van der Waals surface area (Å²) in [7, 11) is 0. The highest BCUT2D eigenvalue weighted by Gasteiger charge is 2.57. The molecule has 1 saturated carbocycles. The quantitative estimate of drug-likeness (QED) is 0.250. The van der Waals surface area contributed by atoms with Gasteiger partial charge in [-0.3, -0.25) is 9.78 Å². The summed E-state index contributed by atoms with van der Waals surface area (Å²) >= 11 is 0. The Morgan fingerprint density at radius 2 is 1.91 bits per heavy atom. The number of aliphatic hydroxyl groups is 1. The van der Waals surface area contributed by atoms with Crippen LogP contribution in [0.3, 0.4) is 0 Å². The summed E-state index contributed by atoms with van der Waals surface area (Å²) in [6.45, 7) is -0.973. The van der Waals surface area contributed by atoms with Gasteiger partial charge in [-0.25, -0.2) is 13.8 Å². The van der Waals surface area contributed by atoms with E-state index in [9.17, 15) is 31.9 Å². The van der Waals surface area contributed by atoms with E-state index in [0.29, 0.717) is 16.7 Å². The molecular weight excluding hydrogens is 573 g/mol. The van der Waals surface area contributed by atoms with Crippen LogP contribution in [0.15, 0.2) is 60.8 Å². The number of hydrogen-bond donors (Lipinski definition) is 2. The summed E-state index contributed by atoms with van der Waals surface area (Å²) in [6.07, 6.45) is -2.11. The first kappa shape index (κ1) is 28.8. The third-order valence-corrected chi connectivity index (χ3v) is 7.72. The van der Waals surface area contributed by atoms with E-state index in [2.05, 4.69) is 15.3 Å². The number of hydrogen-bond acceptors (Lipinski definition) is 6. The number of halogens is 5. The molecule has 0 saturated heterocycles. The predicted octanol–water partition coefficient (Wildman–Crippen LogP) is 5.78. The lowest BCUT2D eigenvalue weighted by molar-refractivity contribution is -0.265. The number of amides is 1. The summed E-state index contributed by atoms with van der Waals surface area (Å²) in [5, 5.41) is 14.0. The van der Waals surface area contributed by atoms with Crippen molar-refractivity contribution in [3.8, 4) is 22.8 Å². The fourth-order valence-corrected chi connectivity index (χ4v) is 4.95. The molecule has 7 nitrogen and oxygen atoms in total. The van der Waals surface area contributed by atoms with Crippen molar-refractivity contribution >= 4 is 16.8 Å². The summed E-state index contributed by atoms with van der Waals surface area (Å²) in [6, 6.07) is 11.9. The number of alkyl halides is 4. The Labute approximate surface area is 242 Å². The van der Waals surface area contributed by atoms with E-state index < -0.39 is 47.8 Å². The number of rotatable bonds is 8.